The number of carbonyl (C=O) groups is 1. The van der Waals surface area contributed by atoms with Crippen LogP contribution in [-0.2, 0) is 4.74 Å². The minimum Gasteiger partial charge on any atom is -0.462 e. The lowest BCUT2D eigenvalue weighted by Gasteiger charge is -2.04. The summed E-state index contributed by atoms with van der Waals surface area (Å²) in [5, 5.41) is 3.92. The number of para-hydroxylation sites is 1. The maximum Gasteiger partial charge on any atom is 0.342 e. The number of hydrogen-bond acceptors (Lipinski definition) is 3. The molecule has 4 nitrogen and oxygen atoms in total. The van der Waals surface area contributed by atoms with Gasteiger partial charge in [-0.1, -0.05) is 23.7 Å². The number of ether oxygens (including phenoxy) is 1. The molecule has 1 aromatic carbocycles. The highest BCUT2D eigenvalue weighted by atomic mass is 35.5. The van der Waals surface area contributed by atoms with Crippen molar-refractivity contribution < 1.29 is 13.9 Å². The van der Waals surface area contributed by atoms with Gasteiger partial charge in [-0.3, -0.25) is 0 Å². The first kappa shape index (κ1) is 12.6. The van der Waals surface area contributed by atoms with E-state index in [4.69, 9.17) is 16.3 Å². The molecule has 18 heavy (non-hydrogen) atoms. The van der Waals surface area contributed by atoms with Crippen molar-refractivity contribution in [1.82, 2.24) is 9.78 Å². The van der Waals surface area contributed by atoms with Gasteiger partial charge in [-0.25, -0.2) is 13.9 Å². The van der Waals surface area contributed by atoms with Gasteiger partial charge in [0.2, 0.25) is 0 Å². The number of halogens is 2. The standard InChI is InChI=1S/C12H10ClFN2O2/c1-2-18-12(17)8-7-15-16(11(8)13)10-6-4-3-5-9(10)14/h3-7H,2H2,1H3. The molecule has 0 saturated heterocycles. The van der Waals surface area contributed by atoms with E-state index < -0.39 is 11.8 Å². The summed E-state index contributed by atoms with van der Waals surface area (Å²) < 4.78 is 19.6. The van der Waals surface area contributed by atoms with Crippen molar-refractivity contribution in [2.24, 2.45) is 0 Å². The second-order valence-corrected chi connectivity index (χ2v) is 3.79. The van der Waals surface area contributed by atoms with Gasteiger partial charge in [0.25, 0.3) is 0 Å². The highest BCUT2D eigenvalue weighted by Gasteiger charge is 2.19. The van der Waals surface area contributed by atoms with Gasteiger partial charge in [0.1, 0.15) is 22.2 Å². The number of benzene rings is 1. The van der Waals surface area contributed by atoms with Crippen molar-refractivity contribution in [3.05, 3.63) is 47.0 Å². The summed E-state index contributed by atoms with van der Waals surface area (Å²) in [4.78, 5) is 11.5. The molecule has 0 bridgehead atoms. The predicted molar refractivity (Wildman–Crippen MR) is 64.5 cm³/mol. The third kappa shape index (κ3) is 2.22. The molecule has 6 heteroatoms. The Balaban J connectivity index is 2.43. The SMILES string of the molecule is CCOC(=O)c1cnn(-c2ccccc2F)c1Cl. The monoisotopic (exact) mass is 268 g/mol. The Labute approximate surface area is 108 Å². The van der Waals surface area contributed by atoms with E-state index in [9.17, 15) is 9.18 Å². The molecule has 1 aromatic heterocycles. The summed E-state index contributed by atoms with van der Waals surface area (Å²) >= 11 is 5.99. The highest BCUT2D eigenvalue weighted by Crippen LogP contribution is 2.22. The lowest BCUT2D eigenvalue weighted by molar-refractivity contribution is 0.0526. The average molecular weight is 269 g/mol. The van der Waals surface area contributed by atoms with Gasteiger partial charge < -0.3 is 4.74 Å². The van der Waals surface area contributed by atoms with Crippen molar-refractivity contribution in [3.63, 3.8) is 0 Å². The average Bonchev–Trinajstić information content (AvgIpc) is 2.72. The van der Waals surface area contributed by atoms with Crippen molar-refractivity contribution in [1.29, 1.82) is 0 Å². The van der Waals surface area contributed by atoms with E-state index in [1.54, 1.807) is 19.1 Å². The molecule has 0 spiro atoms. The van der Waals surface area contributed by atoms with Crippen molar-refractivity contribution >= 4 is 17.6 Å². The number of hydrogen-bond donors (Lipinski definition) is 0. The topological polar surface area (TPSA) is 44.1 Å². The van der Waals surface area contributed by atoms with E-state index in [0.29, 0.717) is 0 Å². The van der Waals surface area contributed by atoms with Crippen molar-refractivity contribution in [3.8, 4) is 5.69 Å². The van der Waals surface area contributed by atoms with E-state index >= 15 is 0 Å². The predicted octanol–water partition coefficient (Wildman–Crippen LogP) is 2.84. The molecule has 0 aliphatic heterocycles. The van der Waals surface area contributed by atoms with Crippen LogP contribution in [-0.4, -0.2) is 22.4 Å². The van der Waals surface area contributed by atoms with Crippen LogP contribution in [0.1, 0.15) is 17.3 Å². The van der Waals surface area contributed by atoms with E-state index in [-0.39, 0.29) is 23.0 Å². The van der Waals surface area contributed by atoms with Gasteiger partial charge in [-0.15, -0.1) is 0 Å². The molecule has 0 N–H and O–H groups in total. The molecule has 0 radical (unpaired) electrons. The molecule has 2 rings (SSSR count). The maximum atomic E-state index is 13.6. The van der Waals surface area contributed by atoms with E-state index in [2.05, 4.69) is 5.10 Å². The normalized spacial score (nSPS) is 10.4. The largest absolute Gasteiger partial charge is 0.462 e. The quantitative estimate of drug-likeness (QED) is 0.804. The Bertz CT molecular complexity index is 583. The van der Waals surface area contributed by atoms with Crippen LogP contribution < -0.4 is 0 Å². The van der Waals surface area contributed by atoms with Gasteiger partial charge in [0.05, 0.1) is 12.8 Å². The second-order valence-electron chi connectivity index (χ2n) is 3.43. The molecule has 94 valence electrons. The first-order valence-electron chi connectivity index (χ1n) is 5.30. The zero-order chi connectivity index (χ0) is 13.1. The molecular formula is C12H10ClFN2O2. The lowest BCUT2D eigenvalue weighted by atomic mass is 10.3. The Morgan fingerprint density at radius 2 is 2.22 bits per heavy atom. The Kier molecular flexibility index (Phi) is 3.62. The van der Waals surface area contributed by atoms with Crippen LogP contribution in [0, 0.1) is 5.82 Å². The summed E-state index contributed by atoms with van der Waals surface area (Å²) in [6, 6.07) is 6.02. The van der Waals surface area contributed by atoms with Gasteiger partial charge >= 0.3 is 5.97 Å². The summed E-state index contributed by atoms with van der Waals surface area (Å²) in [6.07, 6.45) is 1.26. The molecule has 0 unspecified atom stereocenters. The van der Waals surface area contributed by atoms with Crippen LogP contribution in [0.15, 0.2) is 30.5 Å². The fourth-order valence-electron chi connectivity index (χ4n) is 1.47. The fraction of sp³-hybridized carbons (Fsp3) is 0.167. The summed E-state index contributed by atoms with van der Waals surface area (Å²) in [7, 11) is 0. The van der Waals surface area contributed by atoms with Crippen LogP contribution in [0.4, 0.5) is 4.39 Å². The number of rotatable bonds is 3. The zero-order valence-corrected chi connectivity index (χ0v) is 10.3. The number of aromatic nitrogens is 2. The van der Waals surface area contributed by atoms with E-state index in [1.807, 2.05) is 0 Å². The first-order valence-corrected chi connectivity index (χ1v) is 5.68. The van der Waals surface area contributed by atoms with E-state index in [1.165, 1.54) is 18.3 Å². The van der Waals surface area contributed by atoms with Crippen LogP contribution in [0.25, 0.3) is 5.69 Å². The highest BCUT2D eigenvalue weighted by molar-refractivity contribution is 6.32. The second kappa shape index (κ2) is 5.18. The van der Waals surface area contributed by atoms with Crippen LogP contribution in [0.3, 0.4) is 0 Å². The molecule has 2 aromatic rings. The molecule has 0 fully saturated rings. The summed E-state index contributed by atoms with van der Waals surface area (Å²) in [6.45, 7) is 1.92. The molecule has 0 saturated carbocycles. The van der Waals surface area contributed by atoms with Crippen molar-refractivity contribution in [2.45, 2.75) is 6.92 Å². The molecule has 1 heterocycles. The van der Waals surface area contributed by atoms with Gasteiger partial charge in [0, 0.05) is 0 Å². The van der Waals surface area contributed by atoms with Crippen LogP contribution in [0.2, 0.25) is 5.15 Å². The van der Waals surface area contributed by atoms with Gasteiger partial charge in [-0.2, -0.15) is 5.10 Å². The van der Waals surface area contributed by atoms with Gasteiger partial charge in [-0.05, 0) is 19.1 Å². The van der Waals surface area contributed by atoms with E-state index in [0.717, 1.165) is 4.68 Å². The molecule has 0 amide bonds. The number of carbonyl (C=O) groups excluding carboxylic acids is 1. The smallest absolute Gasteiger partial charge is 0.342 e. The zero-order valence-electron chi connectivity index (χ0n) is 9.56. The lowest BCUT2D eigenvalue weighted by Crippen LogP contribution is -2.05. The Morgan fingerprint density at radius 3 is 2.89 bits per heavy atom. The Hall–Kier alpha value is -1.88. The summed E-state index contributed by atoms with van der Waals surface area (Å²) in [5.74, 6) is -1.05. The summed E-state index contributed by atoms with van der Waals surface area (Å²) in [5.41, 5.74) is 0.291. The van der Waals surface area contributed by atoms with Crippen LogP contribution in [0.5, 0.6) is 0 Å². The Morgan fingerprint density at radius 1 is 1.50 bits per heavy atom. The molecule has 0 atom stereocenters. The third-order valence-electron chi connectivity index (χ3n) is 2.29. The third-order valence-corrected chi connectivity index (χ3v) is 2.65. The number of nitrogens with zero attached hydrogens (tertiary/aromatic N) is 2. The molecule has 0 aliphatic carbocycles. The fourth-order valence-corrected chi connectivity index (χ4v) is 1.73. The number of esters is 1. The van der Waals surface area contributed by atoms with Crippen molar-refractivity contribution in [2.75, 3.05) is 6.61 Å². The maximum absolute atomic E-state index is 13.6. The molecule has 0 aliphatic rings. The van der Waals surface area contributed by atoms with Gasteiger partial charge in [0.15, 0.2) is 0 Å². The first-order chi connectivity index (χ1) is 8.65. The minimum absolute atomic E-state index is 0.0264. The molecular weight excluding hydrogens is 259 g/mol. The van der Waals surface area contributed by atoms with Crippen LogP contribution >= 0.6 is 11.6 Å². The minimum atomic E-state index is -0.579.